The van der Waals surface area contributed by atoms with Gasteiger partial charge in [-0.1, -0.05) is 19.1 Å². The Hall–Kier alpha value is -2.34. The molecule has 0 bridgehead atoms. The predicted octanol–water partition coefficient (Wildman–Crippen LogP) is 3.20. The van der Waals surface area contributed by atoms with Crippen molar-refractivity contribution in [2.75, 3.05) is 25.0 Å². The molecule has 2 aromatic rings. The number of urea groups is 1. The van der Waals surface area contributed by atoms with E-state index in [1.807, 2.05) is 48.4 Å². The summed E-state index contributed by atoms with van der Waals surface area (Å²) < 4.78 is 1.77. The molecule has 2 N–H and O–H groups in total. The van der Waals surface area contributed by atoms with Crippen LogP contribution in [0.3, 0.4) is 0 Å². The van der Waals surface area contributed by atoms with Crippen LogP contribution in [-0.2, 0) is 0 Å². The number of benzene rings is 1. The number of anilines is 1. The fourth-order valence-electron chi connectivity index (χ4n) is 3.33. The standard InChI is InChI=1S/C19H26N4O2/c1-3-19(14-24)9-12-22(13-10-19)18(25)20-16-6-4-5-7-17(16)23-11-8-15(2)21-23/h4-8,11,24H,3,9-10,12-14H2,1-2H3,(H,20,25). The highest BCUT2D eigenvalue weighted by Gasteiger charge is 2.34. The third kappa shape index (κ3) is 3.69. The lowest BCUT2D eigenvalue weighted by molar-refractivity contribution is 0.0542. The van der Waals surface area contributed by atoms with Crippen LogP contribution in [0.5, 0.6) is 0 Å². The summed E-state index contributed by atoms with van der Waals surface area (Å²) >= 11 is 0. The Bertz CT molecular complexity index is 727. The summed E-state index contributed by atoms with van der Waals surface area (Å²) in [5, 5.41) is 17.1. The van der Waals surface area contributed by atoms with E-state index < -0.39 is 0 Å². The van der Waals surface area contributed by atoms with Crippen LogP contribution in [0.25, 0.3) is 5.69 Å². The molecule has 0 aliphatic carbocycles. The van der Waals surface area contributed by atoms with E-state index in [-0.39, 0.29) is 18.1 Å². The van der Waals surface area contributed by atoms with Crippen LogP contribution in [-0.4, -0.2) is 45.5 Å². The van der Waals surface area contributed by atoms with Crippen molar-refractivity contribution in [3.8, 4) is 5.69 Å². The number of nitrogens with one attached hydrogen (secondary N) is 1. The maximum atomic E-state index is 12.7. The monoisotopic (exact) mass is 342 g/mol. The highest BCUT2D eigenvalue weighted by Crippen LogP contribution is 2.34. The summed E-state index contributed by atoms with van der Waals surface area (Å²) in [7, 11) is 0. The van der Waals surface area contributed by atoms with E-state index in [4.69, 9.17) is 0 Å². The number of likely N-dealkylation sites (tertiary alicyclic amines) is 1. The molecule has 0 saturated carbocycles. The molecule has 1 aliphatic heterocycles. The normalized spacial score (nSPS) is 16.7. The number of carbonyl (C=O) groups is 1. The summed E-state index contributed by atoms with van der Waals surface area (Å²) in [4.78, 5) is 14.5. The van der Waals surface area contributed by atoms with E-state index in [0.717, 1.165) is 36.3 Å². The highest BCUT2D eigenvalue weighted by molar-refractivity contribution is 5.91. The first kappa shape index (κ1) is 17.5. The number of aliphatic hydroxyl groups excluding tert-OH is 1. The molecule has 0 unspecified atom stereocenters. The number of hydrogen-bond donors (Lipinski definition) is 2. The fraction of sp³-hybridized carbons (Fsp3) is 0.474. The second-order valence-electron chi connectivity index (χ2n) is 6.85. The van der Waals surface area contributed by atoms with Crippen LogP contribution in [0.4, 0.5) is 10.5 Å². The van der Waals surface area contributed by atoms with Gasteiger partial charge in [-0.05, 0) is 49.8 Å². The minimum absolute atomic E-state index is 0.0265. The van der Waals surface area contributed by atoms with Crippen molar-refractivity contribution in [3.05, 3.63) is 42.2 Å². The molecule has 2 heterocycles. The molecule has 0 radical (unpaired) electrons. The molecule has 0 spiro atoms. The number of aromatic nitrogens is 2. The van der Waals surface area contributed by atoms with Crippen molar-refractivity contribution in [3.63, 3.8) is 0 Å². The van der Waals surface area contributed by atoms with E-state index in [1.54, 1.807) is 4.68 Å². The second-order valence-corrected chi connectivity index (χ2v) is 6.85. The van der Waals surface area contributed by atoms with Gasteiger partial charge in [-0.2, -0.15) is 5.10 Å². The summed E-state index contributed by atoms with van der Waals surface area (Å²) in [5.74, 6) is 0. The van der Waals surface area contributed by atoms with Gasteiger partial charge in [0.25, 0.3) is 0 Å². The van der Waals surface area contributed by atoms with Gasteiger partial charge in [0.05, 0.1) is 17.1 Å². The van der Waals surface area contributed by atoms with Crippen LogP contribution in [0.15, 0.2) is 36.5 Å². The average Bonchev–Trinajstić information content (AvgIpc) is 3.08. The molecule has 25 heavy (non-hydrogen) atoms. The van der Waals surface area contributed by atoms with Crippen molar-refractivity contribution in [2.45, 2.75) is 33.1 Å². The van der Waals surface area contributed by atoms with Crippen LogP contribution < -0.4 is 5.32 Å². The number of para-hydroxylation sites is 2. The fourth-order valence-corrected chi connectivity index (χ4v) is 3.33. The van der Waals surface area contributed by atoms with Gasteiger partial charge in [0, 0.05) is 25.9 Å². The molecule has 1 fully saturated rings. The lowest BCUT2D eigenvalue weighted by Gasteiger charge is -2.40. The topological polar surface area (TPSA) is 70.4 Å². The SMILES string of the molecule is CCC1(CO)CCN(C(=O)Nc2ccccc2-n2ccc(C)n2)CC1. The third-order valence-corrected chi connectivity index (χ3v) is 5.31. The maximum absolute atomic E-state index is 12.7. The molecule has 1 aromatic carbocycles. The number of amides is 2. The quantitative estimate of drug-likeness (QED) is 0.896. The van der Waals surface area contributed by atoms with Gasteiger partial charge in [-0.25, -0.2) is 9.48 Å². The van der Waals surface area contributed by atoms with Crippen LogP contribution >= 0.6 is 0 Å². The molecule has 1 aliphatic rings. The van der Waals surface area contributed by atoms with E-state index in [9.17, 15) is 9.90 Å². The number of aryl methyl sites for hydroxylation is 1. The van der Waals surface area contributed by atoms with E-state index in [0.29, 0.717) is 13.1 Å². The molecule has 6 nitrogen and oxygen atoms in total. The zero-order chi connectivity index (χ0) is 17.9. The van der Waals surface area contributed by atoms with Crippen molar-refractivity contribution >= 4 is 11.7 Å². The van der Waals surface area contributed by atoms with Gasteiger partial charge in [0.1, 0.15) is 0 Å². The minimum atomic E-state index is -0.0982. The Morgan fingerprint density at radius 2 is 2.00 bits per heavy atom. The summed E-state index contributed by atoms with van der Waals surface area (Å²) in [6.45, 7) is 5.58. The first-order valence-corrected chi connectivity index (χ1v) is 8.85. The molecule has 134 valence electrons. The Kier molecular flexibility index (Phi) is 5.08. The summed E-state index contributed by atoms with van der Waals surface area (Å²) in [6, 6.07) is 9.49. The number of carbonyl (C=O) groups excluding carboxylic acids is 1. The van der Waals surface area contributed by atoms with E-state index in [2.05, 4.69) is 17.3 Å². The van der Waals surface area contributed by atoms with Gasteiger partial charge in [-0.3, -0.25) is 0 Å². The van der Waals surface area contributed by atoms with E-state index >= 15 is 0 Å². The van der Waals surface area contributed by atoms with Gasteiger partial charge in [-0.15, -0.1) is 0 Å². The molecule has 3 rings (SSSR count). The third-order valence-electron chi connectivity index (χ3n) is 5.31. The van der Waals surface area contributed by atoms with Crippen molar-refractivity contribution in [2.24, 2.45) is 5.41 Å². The van der Waals surface area contributed by atoms with Crippen LogP contribution in [0, 0.1) is 12.3 Å². The highest BCUT2D eigenvalue weighted by atomic mass is 16.3. The maximum Gasteiger partial charge on any atom is 0.321 e. The zero-order valence-corrected chi connectivity index (χ0v) is 14.9. The first-order chi connectivity index (χ1) is 12.1. The molecular formula is C19H26N4O2. The first-order valence-electron chi connectivity index (χ1n) is 8.85. The molecule has 1 saturated heterocycles. The van der Waals surface area contributed by atoms with Crippen LogP contribution in [0.2, 0.25) is 0 Å². The molecule has 6 heteroatoms. The average molecular weight is 342 g/mol. The zero-order valence-electron chi connectivity index (χ0n) is 14.9. The summed E-state index contributed by atoms with van der Waals surface area (Å²) in [6.07, 6.45) is 4.51. The minimum Gasteiger partial charge on any atom is -0.396 e. The predicted molar refractivity (Wildman–Crippen MR) is 97.9 cm³/mol. The van der Waals surface area contributed by atoms with Crippen molar-refractivity contribution in [1.29, 1.82) is 0 Å². The second kappa shape index (κ2) is 7.27. The van der Waals surface area contributed by atoms with Gasteiger partial charge < -0.3 is 15.3 Å². The lowest BCUT2D eigenvalue weighted by Crippen LogP contribution is -2.46. The van der Waals surface area contributed by atoms with Gasteiger partial charge in [0.2, 0.25) is 0 Å². The number of hydrogen-bond acceptors (Lipinski definition) is 3. The molecule has 0 atom stereocenters. The lowest BCUT2D eigenvalue weighted by atomic mass is 9.77. The van der Waals surface area contributed by atoms with Crippen molar-refractivity contribution < 1.29 is 9.90 Å². The molecule has 1 aromatic heterocycles. The Balaban J connectivity index is 1.70. The largest absolute Gasteiger partial charge is 0.396 e. The number of rotatable bonds is 4. The Labute approximate surface area is 148 Å². The molecular weight excluding hydrogens is 316 g/mol. The Morgan fingerprint density at radius 1 is 1.28 bits per heavy atom. The van der Waals surface area contributed by atoms with Gasteiger partial charge >= 0.3 is 6.03 Å². The summed E-state index contributed by atoms with van der Waals surface area (Å²) in [5.41, 5.74) is 2.49. The number of piperidine rings is 1. The number of aliphatic hydroxyl groups is 1. The molecule has 2 amide bonds. The smallest absolute Gasteiger partial charge is 0.321 e. The number of nitrogens with zero attached hydrogens (tertiary/aromatic N) is 3. The van der Waals surface area contributed by atoms with Crippen molar-refractivity contribution in [1.82, 2.24) is 14.7 Å². The van der Waals surface area contributed by atoms with E-state index in [1.165, 1.54) is 0 Å². The Morgan fingerprint density at radius 3 is 2.60 bits per heavy atom. The van der Waals surface area contributed by atoms with Gasteiger partial charge in [0.15, 0.2) is 0 Å². The van der Waals surface area contributed by atoms with Crippen LogP contribution in [0.1, 0.15) is 31.9 Å².